The fourth-order valence-electron chi connectivity index (χ4n) is 3.71. The van der Waals surface area contributed by atoms with E-state index < -0.39 is 0 Å². The molecule has 3 N–H and O–H groups in total. The van der Waals surface area contributed by atoms with Gasteiger partial charge in [0.2, 0.25) is 6.79 Å². The molecule has 0 fully saturated rings. The van der Waals surface area contributed by atoms with Gasteiger partial charge in [0.15, 0.2) is 23.0 Å². The van der Waals surface area contributed by atoms with Gasteiger partial charge < -0.3 is 29.6 Å². The third-order valence-electron chi connectivity index (χ3n) is 5.15. The zero-order chi connectivity index (χ0) is 19.8. The zero-order valence-electron chi connectivity index (χ0n) is 15.8. The molecule has 146 valence electrons. The highest BCUT2D eigenvalue weighted by Crippen LogP contribution is 2.39. The van der Waals surface area contributed by atoms with Crippen molar-refractivity contribution in [3.8, 4) is 23.0 Å². The van der Waals surface area contributed by atoms with E-state index in [1.165, 1.54) is 7.11 Å². The molecule has 3 aromatic carbocycles. The normalized spacial score (nSPS) is 13.4. The molecule has 0 radical (unpaired) electrons. The van der Waals surface area contributed by atoms with Gasteiger partial charge in [-0.1, -0.05) is 24.3 Å². The lowest BCUT2D eigenvalue weighted by Gasteiger charge is -2.21. The van der Waals surface area contributed by atoms with Crippen molar-refractivity contribution in [3.63, 3.8) is 0 Å². The van der Waals surface area contributed by atoms with Gasteiger partial charge in [-0.05, 0) is 35.9 Å². The number of benzene rings is 3. The van der Waals surface area contributed by atoms with Crippen LogP contribution in [0.2, 0.25) is 0 Å². The van der Waals surface area contributed by atoms with Crippen LogP contribution < -0.4 is 19.5 Å². The van der Waals surface area contributed by atoms with E-state index in [1.54, 1.807) is 12.1 Å². The molecule has 2 heterocycles. The summed E-state index contributed by atoms with van der Waals surface area (Å²) in [4.78, 5) is 3.33. The largest absolute Gasteiger partial charge is 0.504 e. The van der Waals surface area contributed by atoms with Gasteiger partial charge in [-0.15, -0.1) is 0 Å². The minimum Gasteiger partial charge on any atom is -0.504 e. The average molecular weight is 388 g/mol. The molecule has 1 unspecified atom stereocenters. The summed E-state index contributed by atoms with van der Waals surface area (Å²) in [5.41, 5.74) is 3.92. The molecule has 29 heavy (non-hydrogen) atoms. The van der Waals surface area contributed by atoms with Crippen LogP contribution in [0.25, 0.3) is 10.9 Å². The molecule has 1 aliphatic rings. The second kappa shape index (κ2) is 6.98. The van der Waals surface area contributed by atoms with Crippen LogP contribution in [0.1, 0.15) is 17.2 Å². The van der Waals surface area contributed by atoms with Gasteiger partial charge >= 0.3 is 0 Å². The summed E-state index contributed by atoms with van der Waals surface area (Å²) in [6.45, 7) is 0.233. The summed E-state index contributed by atoms with van der Waals surface area (Å²) in [5, 5.41) is 15.0. The number of phenols is 1. The Bertz CT molecular complexity index is 1180. The summed E-state index contributed by atoms with van der Waals surface area (Å²) < 4.78 is 16.1. The molecule has 0 bridgehead atoms. The topological polar surface area (TPSA) is 75.7 Å². The average Bonchev–Trinajstić information content (AvgIpc) is 3.38. The van der Waals surface area contributed by atoms with Crippen molar-refractivity contribution in [2.45, 2.75) is 6.04 Å². The van der Waals surface area contributed by atoms with Gasteiger partial charge in [0.25, 0.3) is 0 Å². The molecule has 0 saturated heterocycles. The van der Waals surface area contributed by atoms with E-state index in [4.69, 9.17) is 14.2 Å². The number of hydrogen-bond acceptors (Lipinski definition) is 5. The number of aromatic hydroxyl groups is 1. The first-order chi connectivity index (χ1) is 14.2. The van der Waals surface area contributed by atoms with E-state index in [0.29, 0.717) is 11.5 Å². The number of nitrogens with one attached hydrogen (secondary N) is 2. The summed E-state index contributed by atoms with van der Waals surface area (Å²) in [5.74, 6) is 1.99. The maximum absolute atomic E-state index is 10.3. The predicted molar refractivity (Wildman–Crippen MR) is 111 cm³/mol. The van der Waals surface area contributed by atoms with Gasteiger partial charge in [0, 0.05) is 34.4 Å². The highest BCUT2D eigenvalue weighted by atomic mass is 16.7. The number of phenolic OH excluding ortho intramolecular Hbond substituents is 1. The number of aromatic nitrogens is 1. The van der Waals surface area contributed by atoms with E-state index in [0.717, 1.165) is 33.5 Å². The first-order valence-electron chi connectivity index (χ1n) is 9.32. The van der Waals surface area contributed by atoms with Crippen molar-refractivity contribution in [1.29, 1.82) is 0 Å². The van der Waals surface area contributed by atoms with Gasteiger partial charge in [-0.25, -0.2) is 0 Å². The number of para-hydroxylation sites is 1. The highest BCUT2D eigenvalue weighted by Gasteiger charge is 2.21. The van der Waals surface area contributed by atoms with E-state index in [-0.39, 0.29) is 18.6 Å². The van der Waals surface area contributed by atoms with Crippen LogP contribution in [-0.2, 0) is 0 Å². The molecule has 5 rings (SSSR count). The van der Waals surface area contributed by atoms with Crippen molar-refractivity contribution in [2.75, 3.05) is 19.2 Å². The lowest BCUT2D eigenvalue weighted by Crippen LogP contribution is -2.12. The first kappa shape index (κ1) is 17.3. The Balaban J connectivity index is 1.60. The molecule has 6 heteroatoms. The Morgan fingerprint density at radius 1 is 1.03 bits per heavy atom. The third-order valence-corrected chi connectivity index (χ3v) is 5.15. The van der Waals surface area contributed by atoms with Crippen molar-refractivity contribution < 1.29 is 19.3 Å². The molecule has 1 aliphatic heterocycles. The van der Waals surface area contributed by atoms with Gasteiger partial charge in [-0.3, -0.25) is 0 Å². The van der Waals surface area contributed by atoms with E-state index in [9.17, 15) is 5.11 Å². The maximum Gasteiger partial charge on any atom is 0.231 e. The standard InChI is InChI=1S/C23H20N2O4/c1-27-20-8-6-14(10-19(20)26)23(17-12-24-18-5-3-2-4-16(17)18)25-15-7-9-21-22(11-15)29-13-28-21/h2-12,23-26H,13H2,1H3. The molecule has 4 aromatic rings. The summed E-state index contributed by atoms with van der Waals surface area (Å²) >= 11 is 0. The number of methoxy groups -OCH3 is 1. The number of ether oxygens (including phenoxy) is 3. The molecule has 0 aliphatic carbocycles. The van der Waals surface area contributed by atoms with Crippen LogP contribution in [0.4, 0.5) is 5.69 Å². The number of aromatic amines is 1. The molecule has 0 spiro atoms. The minimum absolute atomic E-state index is 0.0994. The number of rotatable bonds is 5. The Hall–Kier alpha value is -3.80. The highest BCUT2D eigenvalue weighted by molar-refractivity contribution is 5.84. The number of hydrogen-bond donors (Lipinski definition) is 3. The Morgan fingerprint density at radius 3 is 2.76 bits per heavy atom. The molecule has 6 nitrogen and oxygen atoms in total. The number of H-pyrrole nitrogens is 1. The second-order valence-electron chi connectivity index (χ2n) is 6.87. The van der Waals surface area contributed by atoms with Crippen molar-refractivity contribution in [1.82, 2.24) is 4.98 Å². The fourth-order valence-corrected chi connectivity index (χ4v) is 3.71. The van der Waals surface area contributed by atoms with Gasteiger partial charge in [0.05, 0.1) is 13.2 Å². The van der Waals surface area contributed by atoms with Crippen LogP contribution in [0, 0.1) is 0 Å². The molecular weight excluding hydrogens is 368 g/mol. The number of fused-ring (bicyclic) bond motifs is 2. The first-order valence-corrected chi connectivity index (χ1v) is 9.32. The van der Waals surface area contributed by atoms with Crippen molar-refractivity contribution in [3.05, 3.63) is 78.0 Å². The smallest absolute Gasteiger partial charge is 0.231 e. The third kappa shape index (κ3) is 3.08. The van der Waals surface area contributed by atoms with Crippen LogP contribution >= 0.6 is 0 Å². The molecule has 1 atom stereocenters. The van der Waals surface area contributed by atoms with Crippen molar-refractivity contribution >= 4 is 16.6 Å². The van der Waals surface area contributed by atoms with Crippen LogP contribution in [0.15, 0.2) is 66.9 Å². The quantitative estimate of drug-likeness (QED) is 0.457. The molecule has 1 aromatic heterocycles. The summed E-state index contributed by atoms with van der Waals surface area (Å²) in [7, 11) is 1.54. The molecular formula is C23H20N2O4. The molecule has 0 amide bonds. The molecule has 0 saturated carbocycles. The summed E-state index contributed by atoms with van der Waals surface area (Å²) in [6, 6.07) is 19.2. The zero-order valence-corrected chi connectivity index (χ0v) is 15.8. The lowest BCUT2D eigenvalue weighted by atomic mass is 9.97. The minimum atomic E-state index is -0.205. The van der Waals surface area contributed by atoms with Crippen LogP contribution in [0.3, 0.4) is 0 Å². The second-order valence-corrected chi connectivity index (χ2v) is 6.87. The summed E-state index contributed by atoms with van der Waals surface area (Å²) in [6.07, 6.45) is 2.00. The Kier molecular flexibility index (Phi) is 4.17. The lowest BCUT2D eigenvalue weighted by molar-refractivity contribution is 0.174. The fraction of sp³-hybridized carbons (Fsp3) is 0.130. The number of anilines is 1. The van der Waals surface area contributed by atoms with E-state index in [2.05, 4.69) is 16.4 Å². The van der Waals surface area contributed by atoms with Crippen molar-refractivity contribution in [2.24, 2.45) is 0 Å². The predicted octanol–water partition coefficient (Wildman–Crippen LogP) is 4.81. The van der Waals surface area contributed by atoms with E-state index in [1.807, 2.05) is 48.7 Å². The van der Waals surface area contributed by atoms with E-state index >= 15 is 0 Å². The van der Waals surface area contributed by atoms with Crippen LogP contribution in [-0.4, -0.2) is 24.0 Å². The maximum atomic E-state index is 10.3. The van der Waals surface area contributed by atoms with Crippen LogP contribution in [0.5, 0.6) is 23.0 Å². The van der Waals surface area contributed by atoms with Gasteiger partial charge in [-0.2, -0.15) is 0 Å². The van der Waals surface area contributed by atoms with Gasteiger partial charge in [0.1, 0.15) is 0 Å². The monoisotopic (exact) mass is 388 g/mol. The SMILES string of the molecule is COc1ccc(C(Nc2ccc3c(c2)OCO3)c2c[nH]c3ccccc23)cc1O. The Morgan fingerprint density at radius 2 is 1.90 bits per heavy atom. The Labute approximate surface area is 167 Å².